The number of hydrogen-bond acceptors (Lipinski definition) is 6. The Balaban J connectivity index is 1.48. The predicted molar refractivity (Wildman–Crippen MR) is 117 cm³/mol. The number of carbonyl (C=O) groups excluding carboxylic acids is 3. The molecule has 0 radical (unpaired) electrons. The van der Waals surface area contributed by atoms with Crippen LogP contribution in [0.4, 0.5) is 4.39 Å². The number of fused-ring (bicyclic) bond motifs is 1. The van der Waals surface area contributed by atoms with Gasteiger partial charge in [0.15, 0.2) is 5.76 Å². The SMILES string of the molecule is O=C1C(=O)N(CCN2CCOCC2)C(c2ccc(F)cc2)C1C(=O)c1cc2ccccc2o1. The quantitative estimate of drug-likeness (QED) is 0.326. The van der Waals surface area contributed by atoms with Crippen LogP contribution >= 0.6 is 0 Å². The first-order valence-electron chi connectivity index (χ1n) is 11.0. The number of morpholine rings is 1. The normalized spacial score (nSPS) is 21.8. The van der Waals surface area contributed by atoms with Crippen LogP contribution in [-0.2, 0) is 14.3 Å². The summed E-state index contributed by atoms with van der Waals surface area (Å²) in [6, 6.07) is 13.5. The Kier molecular flexibility index (Phi) is 5.78. The fourth-order valence-corrected chi connectivity index (χ4v) is 4.59. The molecule has 0 bridgehead atoms. The first-order valence-corrected chi connectivity index (χ1v) is 11.0. The summed E-state index contributed by atoms with van der Waals surface area (Å²) in [7, 11) is 0. The molecule has 7 nitrogen and oxygen atoms in total. The highest BCUT2D eigenvalue weighted by Crippen LogP contribution is 2.38. The molecule has 1 aromatic heterocycles. The summed E-state index contributed by atoms with van der Waals surface area (Å²) in [5.41, 5.74) is 1.06. The molecule has 2 fully saturated rings. The van der Waals surface area contributed by atoms with Gasteiger partial charge in [-0.1, -0.05) is 30.3 Å². The van der Waals surface area contributed by atoms with Crippen molar-refractivity contribution < 1.29 is 27.9 Å². The van der Waals surface area contributed by atoms with Crippen LogP contribution < -0.4 is 0 Å². The number of carbonyl (C=O) groups is 3. The zero-order chi connectivity index (χ0) is 22.9. The molecule has 2 aliphatic heterocycles. The van der Waals surface area contributed by atoms with Crippen molar-refractivity contribution in [1.29, 1.82) is 0 Å². The molecule has 3 heterocycles. The number of rotatable bonds is 6. The van der Waals surface area contributed by atoms with E-state index in [4.69, 9.17) is 9.15 Å². The monoisotopic (exact) mass is 450 g/mol. The Bertz CT molecular complexity index is 1170. The number of ether oxygens (including phenoxy) is 1. The second kappa shape index (κ2) is 8.88. The van der Waals surface area contributed by atoms with E-state index in [9.17, 15) is 18.8 Å². The molecule has 2 atom stereocenters. The number of halogens is 1. The van der Waals surface area contributed by atoms with E-state index in [0.29, 0.717) is 30.9 Å². The first-order chi connectivity index (χ1) is 16.0. The van der Waals surface area contributed by atoms with E-state index in [1.54, 1.807) is 18.2 Å². The highest BCUT2D eigenvalue weighted by molar-refractivity contribution is 6.43. The maximum Gasteiger partial charge on any atom is 0.291 e. The third-order valence-electron chi connectivity index (χ3n) is 6.33. The number of hydrogen-bond donors (Lipinski definition) is 0. The van der Waals surface area contributed by atoms with Crippen molar-refractivity contribution in [3.05, 3.63) is 71.7 Å². The van der Waals surface area contributed by atoms with E-state index < -0.39 is 35.3 Å². The lowest BCUT2D eigenvalue weighted by Gasteiger charge is -2.31. The molecule has 2 unspecified atom stereocenters. The summed E-state index contributed by atoms with van der Waals surface area (Å²) in [4.78, 5) is 43.2. The molecule has 5 rings (SSSR count). The molecule has 33 heavy (non-hydrogen) atoms. The molecule has 0 N–H and O–H groups in total. The largest absolute Gasteiger partial charge is 0.453 e. The number of para-hydroxylation sites is 1. The van der Waals surface area contributed by atoms with Gasteiger partial charge in [0.1, 0.15) is 17.3 Å². The highest BCUT2D eigenvalue weighted by Gasteiger charge is 2.52. The standard InChI is InChI=1S/C25H23FN2O5/c26-18-7-5-16(6-8-18)22-21(23(29)20-15-17-3-1-2-4-19(17)33-20)24(30)25(31)28(22)10-9-27-11-13-32-14-12-27/h1-8,15,21-22H,9-14H2. The van der Waals surface area contributed by atoms with Gasteiger partial charge in [0.25, 0.3) is 5.91 Å². The van der Waals surface area contributed by atoms with Crippen LogP contribution in [0.25, 0.3) is 11.0 Å². The van der Waals surface area contributed by atoms with Crippen molar-refractivity contribution in [3.63, 3.8) is 0 Å². The molecule has 3 aromatic rings. The van der Waals surface area contributed by atoms with Crippen molar-refractivity contribution >= 4 is 28.4 Å². The maximum atomic E-state index is 13.6. The molecule has 0 spiro atoms. The van der Waals surface area contributed by atoms with E-state index in [1.807, 2.05) is 12.1 Å². The van der Waals surface area contributed by atoms with Gasteiger partial charge in [-0.25, -0.2) is 4.39 Å². The average Bonchev–Trinajstić information content (AvgIpc) is 3.38. The molecule has 170 valence electrons. The number of amides is 1. The second-order valence-electron chi connectivity index (χ2n) is 8.30. The molecule has 0 aliphatic carbocycles. The Morgan fingerprint density at radius 1 is 1.00 bits per heavy atom. The van der Waals surface area contributed by atoms with Gasteiger partial charge in [0.05, 0.1) is 19.3 Å². The van der Waals surface area contributed by atoms with E-state index in [2.05, 4.69) is 4.90 Å². The Hall–Kier alpha value is -3.36. The molecule has 0 saturated carbocycles. The van der Waals surface area contributed by atoms with Gasteiger partial charge in [-0.3, -0.25) is 19.3 Å². The third kappa shape index (κ3) is 4.07. The van der Waals surface area contributed by atoms with Gasteiger partial charge in [-0.15, -0.1) is 0 Å². The molecule has 8 heteroatoms. The lowest BCUT2D eigenvalue weighted by atomic mass is 9.88. The van der Waals surface area contributed by atoms with Crippen molar-refractivity contribution in [2.45, 2.75) is 6.04 Å². The van der Waals surface area contributed by atoms with E-state index in [1.165, 1.54) is 29.2 Å². The van der Waals surface area contributed by atoms with Crippen LogP contribution in [0.2, 0.25) is 0 Å². The van der Waals surface area contributed by atoms with Crippen molar-refractivity contribution in [2.24, 2.45) is 5.92 Å². The smallest absolute Gasteiger partial charge is 0.291 e. The number of ketones is 2. The van der Waals surface area contributed by atoms with Gasteiger partial charge in [0, 0.05) is 31.6 Å². The molecule has 2 saturated heterocycles. The fourth-order valence-electron chi connectivity index (χ4n) is 4.59. The zero-order valence-corrected chi connectivity index (χ0v) is 17.9. The minimum Gasteiger partial charge on any atom is -0.453 e. The van der Waals surface area contributed by atoms with Gasteiger partial charge in [0.2, 0.25) is 11.6 Å². The lowest BCUT2D eigenvalue weighted by Crippen LogP contribution is -2.42. The highest BCUT2D eigenvalue weighted by atomic mass is 19.1. The van der Waals surface area contributed by atoms with Gasteiger partial charge in [-0.2, -0.15) is 0 Å². The number of Topliss-reactive ketones (excluding diaryl/α,β-unsaturated/α-hetero) is 2. The van der Waals surface area contributed by atoms with Gasteiger partial charge in [-0.05, 0) is 29.8 Å². The minimum atomic E-state index is -1.26. The molecule has 1 amide bonds. The first kappa shape index (κ1) is 21.5. The van der Waals surface area contributed by atoms with Crippen molar-refractivity contribution in [3.8, 4) is 0 Å². The van der Waals surface area contributed by atoms with E-state index in [0.717, 1.165) is 18.5 Å². The summed E-state index contributed by atoms with van der Waals surface area (Å²) in [5.74, 6) is -3.68. The van der Waals surface area contributed by atoms with Gasteiger partial charge >= 0.3 is 0 Å². The molecular weight excluding hydrogens is 427 g/mol. The zero-order valence-electron chi connectivity index (χ0n) is 17.9. The number of benzene rings is 2. The van der Waals surface area contributed by atoms with Crippen LogP contribution in [0.5, 0.6) is 0 Å². The molecular formula is C25H23FN2O5. The Morgan fingerprint density at radius 2 is 1.73 bits per heavy atom. The molecule has 2 aliphatic rings. The second-order valence-corrected chi connectivity index (χ2v) is 8.30. The molecule has 2 aromatic carbocycles. The summed E-state index contributed by atoms with van der Waals surface area (Å²) < 4.78 is 24.7. The third-order valence-corrected chi connectivity index (χ3v) is 6.33. The number of likely N-dealkylation sites (tertiary alicyclic amines) is 1. The van der Waals surface area contributed by atoms with Crippen molar-refractivity contribution in [2.75, 3.05) is 39.4 Å². The maximum absolute atomic E-state index is 13.6. The van der Waals surface area contributed by atoms with Crippen LogP contribution in [0, 0.1) is 11.7 Å². The summed E-state index contributed by atoms with van der Waals surface area (Å²) in [6.07, 6.45) is 0. The van der Waals surface area contributed by atoms with E-state index in [-0.39, 0.29) is 12.3 Å². The Labute approximate surface area is 189 Å². The summed E-state index contributed by atoms with van der Waals surface area (Å²) in [6.45, 7) is 3.52. The van der Waals surface area contributed by atoms with Crippen LogP contribution in [0.3, 0.4) is 0 Å². The predicted octanol–water partition coefficient (Wildman–Crippen LogP) is 2.86. The average molecular weight is 450 g/mol. The number of furan rings is 1. The topological polar surface area (TPSA) is 80.1 Å². The van der Waals surface area contributed by atoms with Crippen LogP contribution in [-0.4, -0.2) is 66.7 Å². The minimum absolute atomic E-state index is 0.0319. The van der Waals surface area contributed by atoms with Crippen LogP contribution in [0.15, 0.2) is 59.0 Å². The number of nitrogens with zero attached hydrogens (tertiary/aromatic N) is 2. The van der Waals surface area contributed by atoms with E-state index >= 15 is 0 Å². The lowest BCUT2D eigenvalue weighted by molar-refractivity contribution is -0.141. The van der Waals surface area contributed by atoms with Crippen LogP contribution in [0.1, 0.15) is 22.2 Å². The fraction of sp³-hybridized carbons (Fsp3) is 0.320. The van der Waals surface area contributed by atoms with Gasteiger partial charge < -0.3 is 14.1 Å². The summed E-state index contributed by atoms with van der Waals surface area (Å²) >= 11 is 0. The Morgan fingerprint density at radius 3 is 2.45 bits per heavy atom. The van der Waals surface area contributed by atoms with Crippen molar-refractivity contribution in [1.82, 2.24) is 9.80 Å². The summed E-state index contributed by atoms with van der Waals surface area (Å²) in [5, 5.41) is 0.736.